The first-order chi connectivity index (χ1) is 9.43. The van der Waals surface area contributed by atoms with Crippen LogP contribution in [-0.2, 0) is 21.5 Å². The molecule has 0 radical (unpaired) electrons. The van der Waals surface area contributed by atoms with Gasteiger partial charge in [-0.05, 0) is 35.7 Å². The molecule has 2 aromatic carbocycles. The molecular formula is C16H16Br2O2. The van der Waals surface area contributed by atoms with Gasteiger partial charge in [0, 0.05) is 5.33 Å². The summed E-state index contributed by atoms with van der Waals surface area (Å²) in [7, 11) is 0. The third-order valence-corrected chi connectivity index (χ3v) is 4.02. The average Bonchev–Trinajstić information content (AvgIpc) is 2.43. The maximum Gasteiger partial charge on any atom is 0.322 e. The molecule has 0 aromatic heterocycles. The molecule has 2 aromatic rings. The average molecular weight is 400 g/mol. The molecule has 0 atom stereocenters. The van der Waals surface area contributed by atoms with Crippen molar-refractivity contribution in [3.8, 4) is 0 Å². The first-order valence-electron chi connectivity index (χ1n) is 6.35. The third kappa shape index (κ3) is 3.41. The third-order valence-electron chi connectivity index (χ3n) is 3.09. The Balaban J connectivity index is 2.30. The summed E-state index contributed by atoms with van der Waals surface area (Å²) in [6.45, 7) is 3.85. The number of rotatable bonds is 4. The molecule has 0 fully saturated rings. The van der Waals surface area contributed by atoms with Crippen LogP contribution in [0.3, 0.4) is 0 Å². The van der Waals surface area contributed by atoms with Crippen LogP contribution >= 0.6 is 31.9 Å². The van der Waals surface area contributed by atoms with Gasteiger partial charge >= 0.3 is 5.97 Å². The van der Waals surface area contributed by atoms with Gasteiger partial charge in [-0.1, -0.05) is 68.3 Å². The number of benzene rings is 2. The molecule has 0 spiro atoms. The Hall–Kier alpha value is -0.870. The van der Waals surface area contributed by atoms with E-state index in [1.165, 1.54) is 10.9 Å². The highest BCUT2D eigenvalue weighted by Crippen LogP contribution is 2.26. The van der Waals surface area contributed by atoms with Gasteiger partial charge in [0.25, 0.3) is 0 Å². The van der Waals surface area contributed by atoms with Crippen molar-refractivity contribution in [2.75, 3.05) is 0 Å². The number of hydrogen-bond acceptors (Lipinski definition) is 2. The Labute approximate surface area is 135 Å². The zero-order valence-corrected chi connectivity index (χ0v) is 14.6. The van der Waals surface area contributed by atoms with Crippen LogP contribution in [0.5, 0.6) is 0 Å². The van der Waals surface area contributed by atoms with Crippen LogP contribution in [0.15, 0.2) is 36.4 Å². The fourth-order valence-corrected chi connectivity index (χ4v) is 2.58. The summed E-state index contributed by atoms with van der Waals surface area (Å²) >= 11 is 6.81. The van der Waals surface area contributed by atoms with Crippen LogP contribution in [0.25, 0.3) is 10.8 Å². The van der Waals surface area contributed by atoms with Gasteiger partial charge in [-0.25, -0.2) is 0 Å². The second-order valence-electron chi connectivity index (χ2n) is 5.11. The van der Waals surface area contributed by atoms with E-state index in [1.807, 2.05) is 18.2 Å². The van der Waals surface area contributed by atoms with Crippen LogP contribution in [0.2, 0.25) is 0 Å². The molecule has 0 N–H and O–H groups in total. The molecule has 2 nitrogen and oxygen atoms in total. The van der Waals surface area contributed by atoms with Gasteiger partial charge in [0.1, 0.15) is 10.9 Å². The maximum absolute atomic E-state index is 11.8. The zero-order valence-electron chi connectivity index (χ0n) is 11.5. The van der Waals surface area contributed by atoms with Gasteiger partial charge in [-0.3, -0.25) is 4.79 Å². The molecule has 4 heteroatoms. The van der Waals surface area contributed by atoms with E-state index in [0.29, 0.717) is 0 Å². The Bertz CT molecular complexity index is 630. The molecule has 0 unspecified atom stereocenters. The SMILES string of the molecule is CC(C)(Br)C(=O)OCc1ccc(CBr)c2ccccc12. The molecule has 20 heavy (non-hydrogen) atoms. The van der Waals surface area contributed by atoms with Crippen LogP contribution in [-0.4, -0.2) is 10.3 Å². The Morgan fingerprint density at radius 3 is 2.20 bits per heavy atom. The lowest BCUT2D eigenvalue weighted by atomic mass is 10.0. The predicted octanol–water partition coefficient (Wildman–Crippen LogP) is 4.95. The lowest BCUT2D eigenvalue weighted by Crippen LogP contribution is -2.26. The quantitative estimate of drug-likeness (QED) is 0.536. The molecule has 2 rings (SSSR count). The number of carbonyl (C=O) groups excluding carboxylic acids is 1. The van der Waals surface area contributed by atoms with E-state index in [1.54, 1.807) is 13.8 Å². The van der Waals surface area contributed by atoms with E-state index in [9.17, 15) is 4.79 Å². The van der Waals surface area contributed by atoms with E-state index in [2.05, 4.69) is 50.1 Å². The molecular weight excluding hydrogens is 384 g/mol. The number of halogens is 2. The highest BCUT2D eigenvalue weighted by Gasteiger charge is 2.25. The van der Waals surface area contributed by atoms with Crippen LogP contribution < -0.4 is 0 Å². The predicted molar refractivity (Wildman–Crippen MR) is 89.4 cm³/mol. The van der Waals surface area contributed by atoms with Crippen molar-refractivity contribution < 1.29 is 9.53 Å². The second kappa shape index (κ2) is 6.27. The van der Waals surface area contributed by atoms with Crippen molar-refractivity contribution in [2.45, 2.75) is 30.1 Å². The van der Waals surface area contributed by atoms with Crippen molar-refractivity contribution in [3.05, 3.63) is 47.5 Å². The number of ether oxygens (including phenoxy) is 1. The van der Waals surface area contributed by atoms with Crippen molar-refractivity contribution in [1.82, 2.24) is 0 Å². The minimum Gasteiger partial charge on any atom is -0.460 e. The first-order valence-corrected chi connectivity index (χ1v) is 8.26. The lowest BCUT2D eigenvalue weighted by molar-refractivity contribution is -0.146. The van der Waals surface area contributed by atoms with Crippen LogP contribution in [0.4, 0.5) is 0 Å². The summed E-state index contributed by atoms with van der Waals surface area (Å²) in [6, 6.07) is 12.3. The Morgan fingerprint density at radius 2 is 1.65 bits per heavy atom. The summed E-state index contributed by atoms with van der Waals surface area (Å²) in [5.41, 5.74) is 2.26. The summed E-state index contributed by atoms with van der Waals surface area (Å²) in [4.78, 5) is 11.8. The monoisotopic (exact) mass is 398 g/mol. The fourth-order valence-electron chi connectivity index (χ4n) is 1.98. The molecule has 0 saturated carbocycles. The molecule has 0 bridgehead atoms. The maximum atomic E-state index is 11.8. The van der Waals surface area contributed by atoms with Crippen molar-refractivity contribution in [3.63, 3.8) is 0 Å². The van der Waals surface area contributed by atoms with E-state index in [-0.39, 0.29) is 12.6 Å². The summed E-state index contributed by atoms with van der Waals surface area (Å²) in [5, 5.41) is 3.13. The van der Waals surface area contributed by atoms with E-state index in [4.69, 9.17) is 4.74 Å². The highest BCUT2D eigenvalue weighted by atomic mass is 79.9. The lowest BCUT2D eigenvalue weighted by Gasteiger charge is -2.16. The largest absolute Gasteiger partial charge is 0.460 e. The standard InChI is InChI=1S/C16H16Br2O2/c1-16(2,18)15(19)20-10-12-8-7-11(9-17)13-5-3-4-6-14(12)13/h3-8H,9-10H2,1-2H3. The summed E-state index contributed by atoms with van der Waals surface area (Å²) < 4.78 is 4.72. The Morgan fingerprint density at radius 1 is 1.10 bits per heavy atom. The first kappa shape index (κ1) is 15.5. The van der Waals surface area contributed by atoms with Gasteiger partial charge in [-0.15, -0.1) is 0 Å². The van der Waals surface area contributed by atoms with Crippen LogP contribution in [0.1, 0.15) is 25.0 Å². The number of carbonyl (C=O) groups is 1. The van der Waals surface area contributed by atoms with E-state index < -0.39 is 4.32 Å². The molecule has 0 aliphatic carbocycles. The molecule has 0 heterocycles. The number of esters is 1. The van der Waals surface area contributed by atoms with Crippen LogP contribution in [0, 0.1) is 0 Å². The summed E-state index contributed by atoms with van der Waals surface area (Å²) in [6.07, 6.45) is 0. The smallest absolute Gasteiger partial charge is 0.322 e. The van der Waals surface area contributed by atoms with Crippen molar-refractivity contribution in [2.24, 2.45) is 0 Å². The van der Waals surface area contributed by atoms with Gasteiger partial charge < -0.3 is 4.74 Å². The molecule has 0 amide bonds. The number of alkyl halides is 2. The molecule has 0 aliphatic heterocycles. The Kier molecular flexibility index (Phi) is 4.86. The van der Waals surface area contributed by atoms with Gasteiger partial charge in [0.2, 0.25) is 0 Å². The van der Waals surface area contributed by atoms with Gasteiger partial charge in [0.05, 0.1) is 0 Å². The molecule has 0 saturated heterocycles. The summed E-state index contributed by atoms with van der Waals surface area (Å²) in [5.74, 6) is -0.258. The van der Waals surface area contributed by atoms with Crippen molar-refractivity contribution >= 4 is 48.6 Å². The number of hydrogen-bond donors (Lipinski definition) is 0. The topological polar surface area (TPSA) is 26.3 Å². The van der Waals surface area contributed by atoms with Gasteiger partial charge in [-0.2, -0.15) is 0 Å². The number of fused-ring (bicyclic) bond motifs is 1. The minimum absolute atomic E-state index is 0.258. The zero-order chi connectivity index (χ0) is 14.8. The fraction of sp³-hybridized carbons (Fsp3) is 0.312. The highest BCUT2D eigenvalue weighted by molar-refractivity contribution is 9.10. The normalized spacial score (nSPS) is 11.6. The molecule has 106 valence electrons. The molecule has 0 aliphatic rings. The van der Waals surface area contributed by atoms with E-state index in [0.717, 1.165) is 16.3 Å². The minimum atomic E-state index is -0.654. The van der Waals surface area contributed by atoms with Crippen molar-refractivity contribution in [1.29, 1.82) is 0 Å². The second-order valence-corrected chi connectivity index (χ2v) is 7.65. The van der Waals surface area contributed by atoms with Gasteiger partial charge in [0.15, 0.2) is 0 Å². The van der Waals surface area contributed by atoms with E-state index >= 15 is 0 Å².